The Kier molecular flexibility index (Phi) is 4.40. The summed E-state index contributed by atoms with van der Waals surface area (Å²) in [6.07, 6.45) is -2.34. The maximum atomic E-state index is 12.6. The van der Waals surface area contributed by atoms with Gasteiger partial charge in [0, 0.05) is 27.3 Å². The predicted octanol–water partition coefficient (Wildman–Crippen LogP) is 2.94. The topological polar surface area (TPSA) is 80.7 Å². The van der Waals surface area contributed by atoms with E-state index in [2.05, 4.69) is 25.5 Å². The van der Waals surface area contributed by atoms with E-state index in [0.29, 0.717) is 12.2 Å². The van der Waals surface area contributed by atoms with E-state index in [9.17, 15) is 18.0 Å². The fourth-order valence-electron chi connectivity index (χ4n) is 2.26. The summed E-state index contributed by atoms with van der Waals surface area (Å²) in [6.45, 7) is 1.84. The summed E-state index contributed by atoms with van der Waals surface area (Å²) in [5.41, 5.74) is -0.257. The number of carbonyl (C=O) groups is 1. The first-order valence-electron chi connectivity index (χ1n) is 6.96. The van der Waals surface area contributed by atoms with Crippen molar-refractivity contribution in [1.29, 1.82) is 0 Å². The highest BCUT2D eigenvalue weighted by Gasteiger charge is 2.46. The number of alkyl halides is 3. The molecule has 1 aliphatic carbocycles. The number of amides is 1. The van der Waals surface area contributed by atoms with Gasteiger partial charge in [-0.3, -0.25) is 4.79 Å². The van der Waals surface area contributed by atoms with Crippen LogP contribution in [0.3, 0.4) is 0 Å². The lowest BCUT2D eigenvalue weighted by molar-refractivity contribution is -0.142. The lowest BCUT2D eigenvalue weighted by Crippen LogP contribution is -2.18. The third-order valence-electron chi connectivity index (χ3n) is 3.54. The Hall–Kier alpha value is -1.85. The van der Waals surface area contributed by atoms with Gasteiger partial charge >= 0.3 is 6.18 Å². The van der Waals surface area contributed by atoms with Crippen molar-refractivity contribution >= 4 is 34.3 Å². The molecule has 0 radical (unpaired) electrons. The lowest BCUT2D eigenvalue weighted by atomic mass is 10.2. The maximum Gasteiger partial charge on any atom is 0.436 e. The molecule has 10 heteroatoms. The van der Waals surface area contributed by atoms with Gasteiger partial charge in [0.1, 0.15) is 5.82 Å². The molecule has 126 valence electrons. The van der Waals surface area contributed by atoms with Crippen LogP contribution >= 0.6 is 22.6 Å². The molecule has 1 N–H and O–H groups in total. The van der Waals surface area contributed by atoms with Crippen molar-refractivity contribution in [2.24, 2.45) is 5.92 Å². The Morgan fingerprint density at radius 2 is 2.12 bits per heavy atom. The minimum atomic E-state index is -4.57. The number of carbonyl (C=O) groups excluding carboxylic acids is 1. The van der Waals surface area contributed by atoms with Crippen molar-refractivity contribution in [2.45, 2.75) is 25.4 Å². The van der Waals surface area contributed by atoms with E-state index in [4.69, 9.17) is 0 Å². The predicted molar refractivity (Wildman–Crippen MR) is 86.0 cm³/mol. The smallest absolute Gasteiger partial charge is 0.309 e. The molecule has 1 amide bonds. The summed E-state index contributed by atoms with van der Waals surface area (Å²) in [7, 11) is 0. The monoisotopic (exact) mass is 449 g/mol. The van der Waals surface area contributed by atoms with Crippen molar-refractivity contribution in [3.05, 3.63) is 39.1 Å². The third-order valence-corrected chi connectivity index (χ3v) is 4.36. The molecule has 2 heterocycles. The summed E-state index contributed by atoms with van der Waals surface area (Å²) >= 11 is 1.51. The molecular weight excluding hydrogens is 438 g/mol. The average molecular weight is 449 g/mol. The Balaban J connectivity index is 1.67. The molecule has 24 heavy (non-hydrogen) atoms. The molecular formula is C14H11F3IN5O. The highest BCUT2D eigenvalue weighted by atomic mass is 127. The van der Waals surface area contributed by atoms with Gasteiger partial charge in [0.2, 0.25) is 5.91 Å². The summed E-state index contributed by atoms with van der Waals surface area (Å²) in [6, 6.07) is 2.91. The van der Waals surface area contributed by atoms with Crippen LogP contribution in [0.4, 0.5) is 19.0 Å². The number of hydrogen-bond donors (Lipinski definition) is 1. The molecule has 0 unspecified atom stereocenters. The van der Waals surface area contributed by atoms with E-state index in [0.717, 1.165) is 11.8 Å². The van der Waals surface area contributed by atoms with Crippen LogP contribution < -0.4 is 5.32 Å². The van der Waals surface area contributed by atoms with E-state index in [-0.39, 0.29) is 27.1 Å². The van der Waals surface area contributed by atoms with Crippen molar-refractivity contribution in [1.82, 2.24) is 20.2 Å². The zero-order valence-electron chi connectivity index (χ0n) is 12.3. The quantitative estimate of drug-likeness (QED) is 0.730. The summed E-state index contributed by atoms with van der Waals surface area (Å²) in [5.74, 6) is -0.119. The number of aromatic nitrogens is 4. The van der Waals surface area contributed by atoms with Gasteiger partial charge < -0.3 is 5.32 Å². The van der Waals surface area contributed by atoms with Crippen LogP contribution in [-0.2, 0) is 11.0 Å². The van der Waals surface area contributed by atoms with Crippen molar-refractivity contribution < 1.29 is 18.0 Å². The molecule has 0 aromatic carbocycles. The first-order chi connectivity index (χ1) is 11.3. The van der Waals surface area contributed by atoms with Gasteiger partial charge in [-0.25, -0.2) is 9.97 Å². The Bertz CT molecular complexity index is 798. The Morgan fingerprint density at radius 3 is 2.75 bits per heavy atom. The van der Waals surface area contributed by atoms with Gasteiger partial charge in [-0.2, -0.15) is 13.2 Å². The summed E-state index contributed by atoms with van der Waals surface area (Å²) < 4.78 is 37.8. The van der Waals surface area contributed by atoms with Gasteiger partial charge in [-0.05, 0) is 48.1 Å². The van der Waals surface area contributed by atoms with Crippen LogP contribution in [0.5, 0.6) is 0 Å². The number of anilines is 1. The fraction of sp³-hybridized carbons (Fsp3) is 0.357. The van der Waals surface area contributed by atoms with Crippen molar-refractivity contribution in [2.75, 3.05) is 5.32 Å². The molecule has 0 saturated heterocycles. The molecule has 0 aliphatic heterocycles. The van der Waals surface area contributed by atoms with Gasteiger partial charge in [-0.1, -0.05) is 0 Å². The number of hydrogen-bond acceptors (Lipinski definition) is 5. The number of nitrogens with zero attached hydrogens (tertiary/aromatic N) is 4. The Morgan fingerprint density at radius 1 is 1.38 bits per heavy atom. The largest absolute Gasteiger partial charge is 0.436 e. The molecule has 2 aromatic heterocycles. The second-order valence-corrected chi connectivity index (χ2v) is 6.58. The Labute approximate surface area is 148 Å². The number of nitrogens with one attached hydrogen (secondary N) is 1. The van der Waals surface area contributed by atoms with E-state index in [1.54, 1.807) is 12.3 Å². The zero-order valence-corrected chi connectivity index (χ0v) is 14.5. The van der Waals surface area contributed by atoms with E-state index in [1.165, 1.54) is 22.6 Å². The second kappa shape index (κ2) is 6.22. The van der Waals surface area contributed by atoms with Crippen LogP contribution in [0.2, 0.25) is 0 Å². The van der Waals surface area contributed by atoms with Crippen LogP contribution in [-0.4, -0.2) is 26.1 Å². The van der Waals surface area contributed by atoms with Crippen molar-refractivity contribution in [3.63, 3.8) is 0 Å². The van der Waals surface area contributed by atoms with Gasteiger partial charge in [0.25, 0.3) is 0 Å². The summed E-state index contributed by atoms with van der Waals surface area (Å²) in [5, 5.41) is 9.08. The number of aryl methyl sites for hydroxylation is 1. The first kappa shape index (κ1) is 17.0. The van der Waals surface area contributed by atoms with E-state index >= 15 is 0 Å². The van der Waals surface area contributed by atoms with Crippen LogP contribution in [0.1, 0.15) is 29.6 Å². The molecule has 0 spiro atoms. The number of rotatable bonds is 3. The average Bonchev–Trinajstić information content (AvgIpc) is 3.26. The van der Waals surface area contributed by atoms with Crippen LogP contribution in [0.15, 0.2) is 18.3 Å². The van der Waals surface area contributed by atoms with E-state index in [1.807, 2.05) is 6.92 Å². The van der Waals surface area contributed by atoms with Crippen LogP contribution in [0, 0.1) is 16.4 Å². The molecule has 1 fully saturated rings. The first-order valence-corrected chi connectivity index (χ1v) is 8.04. The molecule has 3 rings (SSSR count). The lowest BCUT2D eigenvalue weighted by Gasteiger charge is -2.09. The molecule has 0 bridgehead atoms. The highest BCUT2D eigenvalue weighted by Crippen LogP contribution is 2.46. The van der Waals surface area contributed by atoms with E-state index < -0.39 is 11.9 Å². The standard InChI is InChI=1S/C14H11F3IN5O/c1-6-2-3-19-12(20-6)7-4-8(7)13(24)21-10-5-9(18)11(23-22-10)14(15,16)17/h2-3,5,7-8H,4H2,1H3,(H,21,22,24)/t7-,8-/m0/s1. The van der Waals surface area contributed by atoms with Gasteiger partial charge in [-0.15, -0.1) is 10.2 Å². The van der Waals surface area contributed by atoms with Gasteiger partial charge in [0.15, 0.2) is 11.5 Å². The molecule has 6 nitrogen and oxygen atoms in total. The van der Waals surface area contributed by atoms with Gasteiger partial charge in [0.05, 0.1) is 0 Å². The minimum absolute atomic E-state index is 0.00629. The normalized spacial score (nSPS) is 19.9. The summed E-state index contributed by atoms with van der Waals surface area (Å²) in [4.78, 5) is 20.6. The maximum absolute atomic E-state index is 12.6. The molecule has 1 saturated carbocycles. The molecule has 2 aromatic rings. The third kappa shape index (κ3) is 3.62. The second-order valence-electron chi connectivity index (χ2n) is 5.42. The van der Waals surface area contributed by atoms with Crippen molar-refractivity contribution in [3.8, 4) is 0 Å². The minimum Gasteiger partial charge on any atom is -0.309 e. The fourth-order valence-corrected chi connectivity index (χ4v) is 2.97. The highest BCUT2D eigenvalue weighted by molar-refractivity contribution is 14.1. The molecule has 1 aliphatic rings. The molecule has 2 atom stereocenters. The zero-order chi connectivity index (χ0) is 17.5. The van der Waals surface area contributed by atoms with Crippen LogP contribution in [0.25, 0.3) is 0 Å². The SMILES string of the molecule is Cc1ccnc([C@H]2C[C@@H]2C(=O)Nc2cc(I)c(C(F)(F)F)nn2)n1. The number of halogens is 4.